The van der Waals surface area contributed by atoms with Crippen LogP contribution in [0.25, 0.3) is 0 Å². The maximum absolute atomic E-state index is 13.0. The van der Waals surface area contributed by atoms with Gasteiger partial charge >= 0.3 is 5.97 Å². The lowest BCUT2D eigenvalue weighted by Crippen LogP contribution is -2.20. The molecule has 2 N–H and O–H groups in total. The van der Waals surface area contributed by atoms with Crippen LogP contribution in [0.3, 0.4) is 0 Å². The first-order valence-corrected chi connectivity index (χ1v) is 7.77. The summed E-state index contributed by atoms with van der Waals surface area (Å²) in [6.07, 6.45) is 2.59. The first-order valence-electron chi connectivity index (χ1n) is 7.39. The molecule has 2 heterocycles. The van der Waals surface area contributed by atoms with E-state index in [-0.39, 0.29) is 27.9 Å². The van der Waals surface area contributed by atoms with E-state index in [1.54, 1.807) is 12.1 Å². The number of anilines is 1. The monoisotopic (exact) mass is 377 g/mol. The van der Waals surface area contributed by atoms with Crippen molar-refractivity contribution in [1.82, 2.24) is 19.6 Å². The molecule has 134 valence electrons. The molecule has 0 bridgehead atoms. The second-order valence-corrected chi connectivity index (χ2v) is 5.85. The first kappa shape index (κ1) is 17.6. The zero-order valence-electron chi connectivity index (χ0n) is 13.5. The van der Waals surface area contributed by atoms with Crippen molar-refractivity contribution in [2.24, 2.45) is 7.05 Å². The Kier molecular flexibility index (Phi) is 4.72. The van der Waals surface area contributed by atoms with Gasteiger partial charge in [-0.1, -0.05) is 23.7 Å². The van der Waals surface area contributed by atoms with E-state index in [0.29, 0.717) is 6.54 Å². The summed E-state index contributed by atoms with van der Waals surface area (Å²) in [7, 11) is 1.45. The Labute approximate surface area is 151 Å². The minimum atomic E-state index is -1.27. The highest BCUT2D eigenvalue weighted by atomic mass is 35.5. The molecule has 0 aliphatic carbocycles. The predicted octanol–water partition coefficient (Wildman–Crippen LogP) is 2.41. The fourth-order valence-electron chi connectivity index (χ4n) is 2.37. The third-order valence-corrected chi connectivity index (χ3v) is 3.87. The normalized spacial score (nSPS) is 10.7. The van der Waals surface area contributed by atoms with E-state index in [9.17, 15) is 14.0 Å². The molecule has 0 spiro atoms. The number of carboxylic acid groups (broad SMARTS) is 1. The quantitative estimate of drug-likeness (QED) is 0.710. The number of carbonyl (C=O) groups excluding carboxylic acids is 1. The molecule has 0 atom stereocenters. The number of amides is 1. The number of nitrogens with zero attached hydrogens (tertiary/aromatic N) is 4. The second kappa shape index (κ2) is 6.96. The maximum Gasteiger partial charge on any atom is 0.339 e. The number of aromatic nitrogens is 4. The van der Waals surface area contributed by atoms with E-state index in [2.05, 4.69) is 15.5 Å². The number of aryl methyl sites for hydroxylation is 1. The summed E-state index contributed by atoms with van der Waals surface area (Å²) in [4.78, 5) is 23.6. The van der Waals surface area contributed by atoms with Crippen LogP contribution in [0.4, 0.5) is 10.2 Å². The molecule has 0 aliphatic heterocycles. The summed E-state index contributed by atoms with van der Waals surface area (Å²) in [5, 5.41) is 19.7. The SMILES string of the molecule is Cn1ncc(C(=O)O)c1C(=O)Nc1nn(Cc2ccc(F)cc2)cc1Cl. The topological polar surface area (TPSA) is 102 Å². The lowest BCUT2D eigenvalue weighted by atomic mass is 10.2. The number of halogens is 2. The first-order chi connectivity index (χ1) is 12.3. The van der Waals surface area contributed by atoms with Gasteiger partial charge in [0.05, 0.1) is 12.7 Å². The number of aromatic carboxylic acids is 1. The molecule has 8 nitrogen and oxygen atoms in total. The van der Waals surface area contributed by atoms with Crippen molar-refractivity contribution in [2.75, 3.05) is 5.32 Å². The number of nitrogens with one attached hydrogen (secondary N) is 1. The lowest BCUT2D eigenvalue weighted by molar-refractivity contribution is 0.0692. The molecule has 3 aromatic rings. The highest BCUT2D eigenvalue weighted by molar-refractivity contribution is 6.33. The second-order valence-electron chi connectivity index (χ2n) is 5.44. The van der Waals surface area contributed by atoms with Gasteiger partial charge in [0.2, 0.25) is 0 Å². The summed E-state index contributed by atoms with van der Waals surface area (Å²) in [6.45, 7) is 0.321. The van der Waals surface area contributed by atoms with E-state index < -0.39 is 11.9 Å². The van der Waals surface area contributed by atoms with Gasteiger partial charge in [-0.15, -0.1) is 0 Å². The van der Waals surface area contributed by atoms with Crippen molar-refractivity contribution in [2.45, 2.75) is 6.54 Å². The van der Waals surface area contributed by atoms with Gasteiger partial charge in [-0.25, -0.2) is 9.18 Å². The van der Waals surface area contributed by atoms with E-state index in [4.69, 9.17) is 16.7 Å². The van der Waals surface area contributed by atoms with Crippen LogP contribution in [0.2, 0.25) is 5.02 Å². The molecule has 2 aromatic heterocycles. The van der Waals surface area contributed by atoms with Crippen LogP contribution in [-0.2, 0) is 13.6 Å². The molecule has 26 heavy (non-hydrogen) atoms. The van der Waals surface area contributed by atoms with Crippen LogP contribution >= 0.6 is 11.6 Å². The molecule has 0 saturated carbocycles. The maximum atomic E-state index is 13.0. The van der Waals surface area contributed by atoms with E-state index >= 15 is 0 Å². The van der Waals surface area contributed by atoms with Crippen molar-refractivity contribution in [3.8, 4) is 0 Å². The van der Waals surface area contributed by atoms with Crippen molar-refractivity contribution in [1.29, 1.82) is 0 Å². The third-order valence-electron chi connectivity index (χ3n) is 3.59. The summed E-state index contributed by atoms with van der Waals surface area (Å²) in [5.74, 6) is -2.23. The van der Waals surface area contributed by atoms with E-state index in [0.717, 1.165) is 16.4 Å². The molecule has 0 saturated heterocycles. The minimum absolute atomic E-state index is 0.0799. The smallest absolute Gasteiger partial charge is 0.339 e. The molecule has 10 heteroatoms. The van der Waals surface area contributed by atoms with Gasteiger partial charge in [0.15, 0.2) is 5.82 Å². The van der Waals surface area contributed by atoms with Gasteiger partial charge in [0.25, 0.3) is 5.91 Å². The largest absolute Gasteiger partial charge is 0.478 e. The highest BCUT2D eigenvalue weighted by Crippen LogP contribution is 2.21. The molecule has 0 unspecified atom stereocenters. The molecular weight excluding hydrogens is 365 g/mol. The van der Waals surface area contributed by atoms with Gasteiger partial charge in [-0.3, -0.25) is 14.2 Å². The molecule has 0 radical (unpaired) electrons. The number of rotatable bonds is 5. The summed E-state index contributed by atoms with van der Waals surface area (Å²) in [6, 6.07) is 5.88. The van der Waals surface area contributed by atoms with Gasteiger partial charge < -0.3 is 10.4 Å². The molecule has 0 fully saturated rings. The standard InChI is InChI=1S/C16H13ClFN5O3/c1-22-13(11(6-19-22)16(25)26)15(24)20-14-12(17)8-23(21-14)7-9-2-4-10(18)5-3-9/h2-6,8H,7H2,1H3,(H,25,26)(H,20,21,24). The Hall–Kier alpha value is -3.20. The minimum Gasteiger partial charge on any atom is -0.478 e. The lowest BCUT2D eigenvalue weighted by Gasteiger charge is -2.05. The van der Waals surface area contributed by atoms with E-state index in [1.807, 2.05) is 0 Å². The Morgan fingerprint density at radius 1 is 1.31 bits per heavy atom. The van der Waals surface area contributed by atoms with Gasteiger partial charge in [-0.05, 0) is 17.7 Å². The van der Waals surface area contributed by atoms with Crippen molar-refractivity contribution >= 4 is 29.3 Å². The van der Waals surface area contributed by atoms with Crippen molar-refractivity contribution in [3.05, 3.63) is 64.3 Å². The zero-order chi connectivity index (χ0) is 18.8. The third kappa shape index (κ3) is 3.57. The molecule has 0 aliphatic rings. The van der Waals surface area contributed by atoms with Crippen LogP contribution in [0.1, 0.15) is 26.4 Å². The van der Waals surface area contributed by atoms with Crippen LogP contribution in [-0.4, -0.2) is 36.5 Å². The van der Waals surface area contributed by atoms with E-state index in [1.165, 1.54) is 30.1 Å². The number of benzene rings is 1. The Morgan fingerprint density at radius 3 is 2.65 bits per heavy atom. The van der Waals surface area contributed by atoms with Crippen molar-refractivity contribution < 1.29 is 19.1 Å². The number of carbonyl (C=O) groups is 2. The summed E-state index contributed by atoms with van der Waals surface area (Å²) < 4.78 is 15.6. The fourth-order valence-corrected chi connectivity index (χ4v) is 2.57. The summed E-state index contributed by atoms with van der Waals surface area (Å²) in [5.41, 5.74) is 0.441. The van der Waals surface area contributed by atoms with Crippen LogP contribution < -0.4 is 5.32 Å². The molecular formula is C16H13ClFN5O3. The van der Waals surface area contributed by atoms with Crippen LogP contribution in [0.15, 0.2) is 36.7 Å². The highest BCUT2D eigenvalue weighted by Gasteiger charge is 2.23. The number of carboxylic acids is 1. The average Bonchev–Trinajstić information content (AvgIpc) is 3.13. The Morgan fingerprint density at radius 2 is 2.00 bits per heavy atom. The van der Waals surface area contributed by atoms with Crippen LogP contribution in [0.5, 0.6) is 0 Å². The fraction of sp³-hybridized carbons (Fsp3) is 0.125. The summed E-state index contributed by atoms with van der Waals surface area (Å²) >= 11 is 6.09. The average molecular weight is 378 g/mol. The Balaban J connectivity index is 1.79. The Bertz CT molecular complexity index is 980. The molecule has 1 aromatic carbocycles. The van der Waals surface area contributed by atoms with Gasteiger partial charge in [0, 0.05) is 13.2 Å². The predicted molar refractivity (Wildman–Crippen MR) is 90.9 cm³/mol. The van der Waals surface area contributed by atoms with Crippen molar-refractivity contribution in [3.63, 3.8) is 0 Å². The molecule has 3 rings (SSSR count). The van der Waals surface area contributed by atoms with Crippen LogP contribution in [0, 0.1) is 5.82 Å². The zero-order valence-corrected chi connectivity index (χ0v) is 14.2. The number of hydrogen-bond acceptors (Lipinski definition) is 4. The van der Waals surface area contributed by atoms with Gasteiger partial charge in [0.1, 0.15) is 22.1 Å². The molecule has 1 amide bonds. The number of hydrogen-bond donors (Lipinski definition) is 2. The van der Waals surface area contributed by atoms with Gasteiger partial charge in [-0.2, -0.15) is 10.2 Å².